The van der Waals surface area contributed by atoms with Gasteiger partial charge in [-0.25, -0.2) is 0 Å². The van der Waals surface area contributed by atoms with Crippen molar-refractivity contribution in [1.82, 2.24) is 0 Å². The maximum Gasteiger partial charge on any atom is 0.146 e. The van der Waals surface area contributed by atoms with Crippen LogP contribution in [0.5, 0.6) is 17.2 Å². The Balaban J connectivity index is 1.90. The highest BCUT2D eigenvalue weighted by Crippen LogP contribution is 2.42. The Morgan fingerprint density at radius 3 is 2.28 bits per heavy atom. The number of rotatable bonds is 2. The van der Waals surface area contributed by atoms with E-state index in [1.807, 2.05) is 30.3 Å². The lowest BCUT2D eigenvalue weighted by Crippen LogP contribution is -1.94. The third kappa shape index (κ3) is 2.33. The Labute approximate surface area is 143 Å². The summed E-state index contributed by atoms with van der Waals surface area (Å²) in [5, 5.41) is 36.8. The lowest BCUT2D eigenvalue weighted by atomic mass is 10.0. The first-order chi connectivity index (χ1) is 12.1. The molecule has 124 valence electrons. The number of anilines is 3. The quantitative estimate of drug-likeness (QED) is 0.276. The zero-order chi connectivity index (χ0) is 17.6. The van der Waals surface area contributed by atoms with Crippen molar-refractivity contribution in [3.05, 3.63) is 60.7 Å². The maximum absolute atomic E-state index is 10.6. The summed E-state index contributed by atoms with van der Waals surface area (Å²) in [5.41, 5.74) is 6.85. The van der Waals surface area contributed by atoms with E-state index in [2.05, 4.69) is 5.32 Å². The van der Waals surface area contributed by atoms with Crippen molar-refractivity contribution in [2.45, 2.75) is 0 Å². The lowest BCUT2D eigenvalue weighted by Gasteiger charge is -2.15. The summed E-state index contributed by atoms with van der Waals surface area (Å²) in [4.78, 5) is 0. The standard InChI is InChI=1S/C20H16N2O3/c21-15-8-6-13-14(19(15)24)7-10-17(23)18(13)22-16-9-5-11-3-1-2-4-12(11)20(16)25/h1-10,22-25H,21H2. The Bertz CT molecular complexity index is 1120. The second kappa shape index (κ2) is 5.49. The third-order valence-electron chi connectivity index (χ3n) is 4.34. The van der Waals surface area contributed by atoms with E-state index in [0.717, 1.165) is 5.39 Å². The Morgan fingerprint density at radius 2 is 1.44 bits per heavy atom. The van der Waals surface area contributed by atoms with Gasteiger partial charge in [0, 0.05) is 16.2 Å². The summed E-state index contributed by atoms with van der Waals surface area (Å²) < 4.78 is 0. The van der Waals surface area contributed by atoms with Gasteiger partial charge in [0.25, 0.3) is 0 Å². The Morgan fingerprint density at radius 1 is 0.680 bits per heavy atom. The summed E-state index contributed by atoms with van der Waals surface area (Å²) in [6.07, 6.45) is 0. The molecule has 5 nitrogen and oxygen atoms in total. The molecule has 0 unspecified atom stereocenters. The van der Waals surface area contributed by atoms with E-state index in [9.17, 15) is 15.3 Å². The predicted molar refractivity (Wildman–Crippen MR) is 101 cm³/mol. The molecule has 0 saturated heterocycles. The van der Waals surface area contributed by atoms with E-state index in [1.165, 1.54) is 6.07 Å². The van der Waals surface area contributed by atoms with Gasteiger partial charge >= 0.3 is 0 Å². The number of phenols is 3. The average molecular weight is 332 g/mol. The number of nitrogens with one attached hydrogen (secondary N) is 1. The molecule has 0 atom stereocenters. The van der Waals surface area contributed by atoms with Crippen LogP contribution in [0.25, 0.3) is 21.5 Å². The van der Waals surface area contributed by atoms with E-state index >= 15 is 0 Å². The van der Waals surface area contributed by atoms with E-state index in [4.69, 9.17) is 5.73 Å². The van der Waals surface area contributed by atoms with Gasteiger partial charge in [-0.05, 0) is 35.7 Å². The number of benzene rings is 4. The summed E-state index contributed by atoms with van der Waals surface area (Å²) in [7, 11) is 0. The number of phenolic OH excluding ortho intramolecular Hbond substituents is 3. The van der Waals surface area contributed by atoms with Gasteiger partial charge in [0.2, 0.25) is 0 Å². The molecular weight excluding hydrogens is 316 g/mol. The highest BCUT2D eigenvalue weighted by atomic mass is 16.3. The second-order valence-corrected chi connectivity index (χ2v) is 5.87. The Hall–Kier alpha value is -3.60. The smallest absolute Gasteiger partial charge is 0.146 e. The van der Waals surface area contributed by atoms with Gasteiger partial charge in [0.1, 0.15) is 17.2 Å². The van der Waals surface area contributed by atoms with Gasteiger partial charge in [-0.1, -0.05) is 30.3 Å². The minimum Gasteiger partial charge on any atom is -0.506 e. The molecule has 0 aliphatic rings. The molecule has 0 aliphatic carbocycles. The number of hydrogen-bond donors (Lipinski definition) is 5. The van der Waals surface area contributed by atoms with E-state index in [1.54, 1.807) is 24.3 Å². The SMILES string of the molecule is Nc1ccc2c(Nc3ccc4ccccc4c3O)c(O)ccc2c1O. The summed E-state index contributed by atoms with van der Waals surface area (Å²) in [6, 6.07) is 17.5. The van der Waals surface area contributed by atoms with Crippen LogP contribution >= 0.6 is 0 Å². The lowest BCUT2D eigenvalue weighted by molar-refractivity contribution is 0.476. The van der Waals surface area contributed by atoms with E-state index in [0.29, 0.717) is 27.5 Å². The van der Waals surface area contributed by atoms with Gasteiger partial charge in [0.05, 0.1) is 17.1 Å². The van der Waals surface area contributed by atoms with Crippen molar-refractivity contribution in [2.75, 3.05) is 11.1 Å². The largest absolute Gasteiger partial charge is 0.506 e. The molecule has 25 heavy (non-hydrogen) atoms. The summed E-state index contributed by atoms with van der Waals surface area (Å²) >= 11 is 0. The fourth-order valence-corrected chi connectivity index (χ4v) is 3.02. The number of aromatic hydroxyl groups is 3. The fourth-order valence-electron chi connectivity index (χ4n) is 3.02. The highest BCUT2D eigenvalue weighted by molar-refractivity contribution is 6.04. The molecule has 4 aromatic rings. The zero-order valence-corrected chi connectivity index (χ0v) is 13.2. The van der Waals surface area contributed by atoms with E-state index < -0.39 is 0 Å². The summed E-state index contributed by atoms with van der Waals surface area (Å²) in [6.45, 7) is 0. The van der Waals surface area contributed by atoms with Crippen LogP contribution in [-0.2, 0) is 0 Å². The molecule has 0 amide bonds. The molecule has 0 heterocycles. The second-order valence-electron chi connectivity index (χ2n) is 5.87. The molecule has 0 radical (unpaired) electrons. The molecule has 0 saturated carbocycles. The first-order valence-corrected chi connectivity index (χ1v) is 7.77. The third-order valence-corrected chi connectivity index (χ3v) is 4.34. The van der Waals surface area contributed by atoms with Crippen molar-refractivity contribution in [1.29, 1.82) is 0 Å². The topological polar surface area (TPSA) is 98.7 Å². The van der Waals surface area contributed by atoms with Crippen LogP contribution < -0.4 is 11.1 Å². The van der Waals surface area contributed by atoms with Gasteiger partial charge in [0.15, 0.2) is 0 Å². The number of hydrogen-bond acceptors (Lipinski definition) is 5. The Kier molecular flexibility index (Phi) is 3.28. The van der Waals surface area contributed by atoms with E-state index in [-0.39, 0.29) is 22.9 Å². The molecule has 0 aliphatic heterocycles. The number of nitrogen functional groups attached to an aromatic ring is 1. The van der Waals surface area contributed by atoms with Crippen LogP contribution in [0.15, 0.2) is 60.7 Å². The van der Waals surface area contributed by atoms with Gasteiger partial charge < -0.3 is 26.4 Å². The van der Waals surface area contributed by atoms with Crippen molar-refractivity contribution in [3.8, 4) is 17.2 Å². The van der Waals surface area contributed by atoms with Crippen molar-refractivity contribution < 1.29 is 15.3 Å². The molecule has 0 spiro atoms. The first-order valence-electron chi connectivity index (χ1n) is 7.77. The highest BCUT2D eigenvalue weighted by Gasteiger charge is 2.14. The fraction of sp³-hybridized carbons (Fsp3) is 0. The molecule has 0 aromatic heterocycles. The molecule has 0 fully saturated rings. The zero-order valence-electron chi connectivity index (χ0n) is 13.2. The maximum atomic E-state index is 10.6. The molecule has 6 N–H and O–H groups in total. The van der Waals surface area contributed by atoms with Crippen LogP contribution in [0.4, 0.5) is 17.1 Å². The monoisotopic (exact) mass is 332 g/mol. The molecular formula is C20H16N2O3. The van der Waals surface area contributed by atoms with Gasteiger partial charge in [-0.3, -0.25) is 0 Å². The molecule has 0 bridgehead atoms. The van der Waals surface area contributed by atoms with Gasteiger partial charge in [-0.2, -0.15) is 0 Å². The normalized spacial score (nSPS) is 11.0. The van der Waals surface area contributed by atoms with Crippen LogP contribution in [0.3, 0.4) is 0 Å². The minimum absolute atomic E-state index is 0.00392. The molecule has 5 heteroatoms. The molecule has 4 aromatic carbocycles. The molecule has 4 rings (SSSR count). The van der Waals surface area contributed by atoms with Crippen LogP contribution in [0, 0.1) is 0 Å². The number of fused-ring (bicyclic) bond motifs is 2. The average Bonchev–Trinajstić information content (AvgIpc) is 2.62. The summed E-state index contributed by atoms with van der Waals surface area (Å²) in [5.74, 6) is 0.0571. The van der Waals surface area contributed by atoms with Crippen LogP contribution in [0.1, 0.15) is 0 Å². The van der Waals surface area contributed by atoms with Gasteiger partial charge in [-0.15, -0.1) is 0 Å². The first kappa shape index (κ1) is 15.0. The van der Waals surface area contributed by atoms with Crippen molar-refractivity contribution >= 4 is 38.6 Å². The number of nitrogens with two attached hydrogens (primary N) is 1. The minimum atomic E-state index is -0.0386. The van der Waals surface area contributed by atoms with Crippen molar-refractivity contribution in [3.63, 3.8) is 0 Å². The van der Waals surface area contributed by atoms with Crippen LogP contribution in [0.2, 0.25) is 0 Å². The predicted octanol–water partition coefficient (Wildman–Crippen LogP) is 4.44. The van der Waals surface area contributed by atoms with Crippen molar-refractivity contribution in [2.24, 2.45) is 0 Å². The van der Waals surface area contributed by atoms with Crippen LogP contribution in [-0.4, -0.2) is 15.3 Å².